The maximum absolute atomic E-state index is 13.7. The van der Waals surface area contributed by atoms with E-state index in [9.17, 15) is 4.39 Å². The van der Waals surface area contributed by atoms with Crippen molar-refractivity contribution in [3.8, 4) is 78.7 Å². The molecule has 0 N–H and O–H groups in total. The number of aromatic nitrogens is 9. The second kappa shape index (κ2) is 48.9. The molecular formula is C130H118FIr3N9O3Si2-6. The molecule has 22 aromatic rings. The van der Waals surface area contributed by atoms with Gasteiger partial charge in [0.2, 0.25) is 11.4 Å². The Kier molecular flexibility index (Phi) is 35.9. The summed E-state index contributed by atoms with van der Waals surface area (Å²) in [6.45, 7) is 33.3. The van der Waals surface area contributed by atoms with Gasteiger partial charge in [0.1, 0.15) is 11.4 Å². The Morgan fingerprint density at radius 3 is 1.30 bits per heavy atom. The summed E-state index contributed by atoms with van der Waals surface area (Å²) < 4.78 is 32.0. The summed E-state index contributed by atoms with van der Waals surface area (Å²) in [7, 11) is -2.47. The van der Waals surface area contributed by atoms with Crippen LogP contribution in [0.15, 0.2) is 372 Å². The van der Waals surface area contributed by atoms with Crippen LogP contribution in [0.1, 0.15) is 147 Å². The minimum absolute atomic E-state index is 0. The third kappa shape index (κ3) is 26.5. The van der Waals surface area contributed by atoms with E-state index in [1.165, 1.54) is 104 Å². The number of aryl methyl sites for hydroxylation is 3. The van der Waals surface area contributed by atoms with Gasteiger partial charge in [-0.25, -0.2) is 14.4 Å². The van der Waals surface area contributed by atoms with Gasteiger partial charge in [0, 0.05) is 143 Å². The van der Waals surface area contributed by atoms with Crippen molar-refractivity contribution >= 4 is 92.6 Å². The van der Waals surface area contributed by atoms with Crippen LogP contribution in [-0.4, -0.2) is 61.0 Å². The molecule has 148 heavy (non-hydrogen) atoms. The normalized spacial score (nSPS) is 12.5. The molecule has 1 fully saturated rings. The van der Waals surface area contributed by atoms with Crippen molar-refractivity contribution in [3.05, 3.63) is 463 Å². The predicted octanol–water partition coefficient (Wildman–Crippen LogP) is 32.5. The molecule has 749 valence electrons. The number of rotatable bonds is 17. The molecule has 3 unspecified atom stereocenters. The van der Waals surface area contributed by atoms with Gasteiger partial charge in [-0.05, 0) is 164 Å². The Morgan fingerprint density at radius 2 is 0.818 bits per heavy atom. The molecule has 1 saturated carbocycles. The molecule has 0 bridgehead atoms. The number of nitrogens with zero attached hydrogens (tertiary/aromatic N) is 9. The standard InChI is InChI=1S/C30H27N2O.C28H25N2O.C25H18FN2O.C18H14N.C15H18NSi.C14H16NSi.3Ir/c1-20(23-9-3-2-4-10-23)27-13-12-25-26-19-24(11-14-29(26)33-30(25)32-27)28-18-22(15-16-31-28)17-21-7-5-6-8-21;1-18(19-8-6-5-7-9-19)24-12-11-22-23-16-20(10-13-26(23)31-27(22)30-24)25-17-21(14-15-29-25)28(2,3)4;1-15-12-23-24(25(28-15)16(2)17-6-4-3-5-7-17)20-13-18(8-9-22(20)29-23)21-14-19(26)10-11-27-21;1-14-13-19-18(16-10-6-3-7-11-16)12-17(14)15-8-4-2-5-9-15;1-12-5-7-13(8-6-12)15-10-9-14(11-16-15)17(2,3)4;1-16(2,3)13-9-10-14(15-11-13)12-7-5-4-6-8-12;;;/h2-4,9-10,12-16,18-21H,5-8,17H2,1H3;5-9,11-18H,1-4H3;3-7,9-14,16H,1-2H3;2-10,12-13H,1H3;5-7,9-11H,1-4H3;4-7,9-11H,1-3H3;;;/q6*-1;;;. The third-order valence-electron chi connectivity index (χ3n) is 27.0. The summed E-state index contributed by atoms with van der Waals surface area (Å²) in [6.07, 6.45) is 17.9. The molecule has 0 amide bonds. The van der Waals surface area contributed by atoms with Crippen LogP contribution in [0, 0.1) is 68.9 Å². The molecule has 1 aliphatic carbocycles. The zero-order chi connectivity index (χ0) is 101. The number of hydrogen-bond acceptors (Lipinski definition) is 12. The molecule has 3 atom stereocenters. The molecule has 10 aromatic carbocycles. The van der Waals surface area contributed by atoms with E-state index in [-0.39, 0.29) is 89.3 Å². The fraction of sp³-hybridized carbons (Fsp3) is 0.192. The average molecular weight is 2510 g/mol. The van der Waals surface area contributed by atoms with Crippen LogP contribution in [0.3, 0.4) is 0 Å². The summed E-state index contributed by atoms with van der Waals surface area (Å²) in [5.41, 5.74) is 30.9. The first kappa shape index (κ1) is 108. The topological polar surface area (TPSA) is 155 Å². The Bertz CT molecular complexity index is 8190. The molecular weight excluding hydrogens is 2390 g/mol. The zero-order valence-corrected chi connectivity index (χ0v) is 95.2. The third-order valence-corrected chi connectivity index (χ3v) is 31.0. The Hall–Kier alpha value is -13.7. The fourth-order valence-corrected chi connectivity index (χ4v) is 20.4. The number of hydrogen-bond donors (Lipinski definition) is 0. The van der Waals surface area contributed by atoms with Gasteiger partial charge in [-0.3, -0.25) is 4.98 Å². The van der Waals surface area contributed by atoms with Gasteiger partial charge in [-0.15, -0.1) is 178 Å². The maximum atomic E-state index is 13.7. The van der Waals surface area contributed by atoms with Crippen LogP contribution in [0.2, 0.25) is 39.3 Å². The van der Waals surface area contributed by atoms with Gasteiger partial charge in [0.15, 0.2) is 0 Å². The van der Waals surface area contributed by atoms with Crippen molar-refractivity contribution in [2.24, 2.45) is 5.92 Å². The molecule has 12 heterocycles. The van der Waals surface area contributed by atoms with Gasteiger partial charge in [0.25, 0.3) is 0 Å². The largest absolute Gasteiger partial charge is 0.500 e. The average Bonchev–Trinajstić information content (AvgIpc) is 1.61. The van der Waals surface area contributed by atoms with Crippen molar-refractivity contribution in [2.45, 2.75) is 157 Å². The molecule has 18 heteroatoms. The smallest absolute Gasteiger partial charge is 0.216 e. The first-order valence-corrected chi connectivity index (χ1v) is 56.9. The van der Waals surface area contributed by atoms with Gasteiger partial charge >= 0.3 is 0 Å². The minimum atomic E-state index is -1.24. The van der Waals surface area contributed by atoms with E-state index in [1.54, 1.807) is 6.07 Å². The van der Waals surface area contributed by atoms with Gasteiger partial charge in [-0.1, -0.05) is 299 Å². The van der Waals surface area contributed by atoms with Crippen LogP contribution in [0.4, 0.5) is 4.39 Å². The summed E-state index contributed by atoms with van der Waals surface area (Å²) in [5.74, 6) is 1.00. The van der Waals surface area contributed by atoms with E-state index in [2.05, 4.69) is 349 Å². The monoisotopic (exact) mass is 2510 g/mol. The van der Waals surface area contributed by atoms with Crippen LogP contribution >= 0.6 is 0 Å². The summed E-state index contributed by atoms with van der Waals surface area (Å²) in [6, 6.07) is 128. The number of halogens is 1. The summed E-state index contributed by atoms with van der Waals surface area (Å²) in [4.78, 5) is 41.7. The molecule has 1 aliphatic rings. The number of benzene rings is 10. The number of furan rings is 3. The predicted molar refractivity (Wildman–Crippen MR) is 598 cm³/mol. The van der Waals surface area contributed by atoms with Gasteiger partial charge < -0.3 is 43.2 Å². The minimum Gasteiger partial charge on any atom is -0.500 e. The van der Waals surface area contributed by atoms with Crippen molar-refractivity contribution in [1.29, 1.82) is 0 Å². The summed E-state index contributed by atoms with van der Waals surface area (Å²) >= 11 is 0. The number of pyridine rings is 9. The van der Waals surface area contributed by atoms with Crippen molar-refractivity contribution < 1.29 is 78.0 Å². The Labute approximate surface area is 911 Å². The number of fused-ring (bicyclic) bond motifs is 9. The van der Waals surface area contributed by atoms with E-state index in [0.717, 1.165) is 152 Å². The van der Waals surface area contributed by atoms with Crippen molar-refractivity contribution in [1.82, 2.24) is 44.9 Å². The van der Waals surface area contributed by atoms with E-state index < -0.39 is 16.1 Å². The van der Waals surface area contributed by atoms with E-state index >= 15 is 0 Å². The summed E-state index contributed by atoms with van der Waals surface area (Å²) in [5, 5.41) is 8.86. The molecule has 12 aromatic heterocycles. The van der Waals surface area contributed by atoms with E-state index in [1.807, 2.05) is 153 Å². The van der Waals surface area contributed by atoms with Crippen LogP contribution in [0.5, 0.6) is 0 Å². The molecule has 0 saturated heterocycles. The van der Waals surface area contributed by atoms with E-state index in [4.69, 9.17) is 28.2 Å². The SMILES string of the molecule is CC(c1ccccc1)c1ccc2c(n1)oc1c[c-]c(-c3cc(C(C)(C)C)ccn3)cc12.CC(c1ccccc1)c1ccc2c(n1)oc1c[c-]c(-c3cc(CC4CCCC4)ccn3)cc12.C[Si](C)(C)c1ccc(-c2[c-]cccc2)nc1.Cc1c[c-]c(-c2ccc([Si](C)(C)C)cn2)cc1.Cc1cc2oc3c[c-]c(-c4cc(F)ccn4)cc3c2c(C(C)c2ccccc2)n1.Cc1cnc(-c2[c-]cccc2)cc1-c1ccccc1.[Ir].[Ir].[Ir]. The van der Waals surface area contributed by atoms with Crippen LogP contribution in [-0.2, 0) is 72.2 Å². The molecule has 0 spiro atoms. The molecule has 12 nitrogen and oxygen atoms in total. The van der Waals surface area contributed by atoms with E-state index in [0.29, 0.717) is 17.1 Å². The molecule has 0 aliphatic heterocycles. The Morgan fingerprint density at radius 1 is 0.372 bits per heavy atom. The molecule has 3 radical (unpaired) electrons. The first-order valence-electron chi connectivity index (χ1n) is 49.9. The quantitative estimate of drug-likeness (QED) is 0.0629. The molecule has 23 rings (SSSR count). The van der Waals surface area contributed by atoms with Gasteiger partial charge in [-0.2, -0.15) is 0 Å². The van der Waals surface area contributed by atoms with Gasteiger partial charge in [0.05, 0.1) is 50.0 Å². The second-order valence-corrected chi connectivity index (χ2v) is 50.8. The Balaban J connectivity index is 0.000000135. The zero-order valence-electron chi connectivity index (χ0n) is 86.0. The second-order valence-electron chi connectivity index (χ2n) is 40.7. The van der Waals surface area contributed by atoms with Crippen molar-refractivity contribution in [3.63, 3.8) is 0 Å². The maximum Gasteiger partial charge on any atom is 0.216 e. The fourth-order valence-electron chi connectivity index (χ4n) is 18.3. The first-order chi connectivity index (χ1) is 70.1. The van der Waals surface area contributed by atoms with Crippen LogP contribution < -0.4 is 10.4 Å². The van der Waals surface area contributed by atoms with Crippen LogP contribution in [0.25, 0.3) is 145 Å². The van der Waals surface area contributed by atoms with Crippen molar-refractivity contribution in [2.75, 3.05) is 0 Å².